The van der Waals surface area contributed by atoms with E-state index in [4.69, 9.17) is 19.4 Å². The van der Waals surface area contributed by atoms with Gasteiger partial charge in [0.15, 0.2) is 6.29 Å². The molecule has 1 saturated heterocycles. The Kier molecular flexibility index (Phi) is 9.96. The lowest BCUT2D eigenvalue weighted by Crippen LogP contribution is -2.56. The summed E-state index contributed by atoms with van der Waals surface area (Å²) in [6, 6.07) is 0. The highest BCUT2D eigenvalue weighted by Crippen LogP contribution is 2.87. The van der Waals surface area contributed by atoms with E-state index >= 15 is 0 Å². The normalized spacial score (nSPS) is 44.3. The number of aliphatic hydroxyl groups excluding tert-OH is 2. The smallest absolute Gasteiger partial charge is 0.300 e. The topological polar surface area (TPSA) is 120 Å². The lowest BCUT2D eigenvalue weighted by Gasteiger charge is -2.60. The predicted octanol–water partition coefficient (Wildman–Crippen LogP) is 5.46. The Morgan fingerprint density at radius 2 is 1.77 bits per heavy atom. The van der Waals surface area contributed by atoms with Crippen molar-refractivity contribution in [1.82, 2.24) is 4.90 Å². The van der Waals surface area contributed by atoms with Gasteiger partial charge < -0.3 is 29.9 Å². The number of carbonyl (C=O) groups is 1. The molecule has 1 heterocycles. The third-order valence-electron chi connectivity index (χ3n) is 13.9. The van der Waals surface area contributed by atoms with E-state index in [0.29, 0.717) is 41.7 Å². The lowest BCUT2D eigenvalue weighted by atomic mass is 9.46. The van der Waals surface area contributed by atoms with Gasteiger partial charge in [-0.05, 0) is 123 Å². The summed E-state index contributed by atoms with van der Waals surface area (Å²) >= 11 is 0. The van der Waals surface area contributed by atoms with Gasteiger partial charge in [-0.15, -0.1) is 0 Å². The van der Waals surface area contributed by atoms with E-state index in [2.05, 4.69) is 25.7 Å². The molecule has 0 amide bonds. The minimum absolute atomic E-state index is 0.133. The molecule has 8 nitrogen and oxygen atoms in total. The molecule has 10 atom stereocenters. The van der Waals surface area contributed by atoms with Gasteiger partial charge in [0.2, 0.25) is 0 Å². The molecule has 5 aliphatic carbocycles. The van der Waals surface area contributed by atoms with Crippen molar-refractivity contribution in [3.63, 3.8) is 0 Å². The summed E-state index contributed by atoms with van der Waals surface area (Å²) < 4.78 is 12.8. The van der Waals surface area contributed by atoms with Gasteiger partial charge in [-0.3, -0.25) is 9.69 Å². The number of β-amino-alcohol motifs (C(OH)–C–C–N with tert-alkyl or cyclic N) is 1. The molecule has 8 heteroatoms. The highest BCUT2D eigenvalue weighted by molar-refractivity contribution is 5.62. The van der Waals surface area contributed by atoms with Gasteiger partial charge >= 0.3 is 0 Å². The summed E-state index contributed by atoms with van der Waals surface area (Å²) in [7, 11) is 0. The number of rotatable bonds is 9. The molecule has 0 aromatic heterocycles. The van der Waals surface area contributed by atoms with Gasteiger partial charge in [0.25, 0.3) is 5.97 Å². The molecule has 254 valence electrons. The van der Waals surface area contributed by atoms with Gasteiger partial charge in [0, 0.05) is 26.6 Å². The molecule has 0 radical (unpaired) electrons. The van der Waals surface area contributed by atoms with Crippen LogP contribution in [0, 0.1) is 45.3 Å². The number of ether oxygens (including phenoxy) is 2. The minimum atomic E-state index is -0.833. The third kappa shape index (κ3) is 6.26. The van der Waals surface area contributed by atoms with Crippen LogP contribution in [0.1, 0.15) is 119 Å². The number of aliphatic carboxylic acids is 1. The van der Waals surface area contributed by atoms with Crippen LogP contribution in [0.3, 0.4) is 0 Å². The van der Waals surface area contributed by atoms with Crippen LogP contribution in [0.5, 0.6) is 0 Å². The van der Waals surface area contributed by atoms with Crippen molar-refractivity contribution < 1.29 is 34.7 Å². The van der Waals surface area contributed by atoms with Crippen molar-refractivity contribution in [2.45, 2.75) is 143 Å². The largest absolute Gasteiger partial charge is 0.481 e. The van der Waals surface area contributed by atoms with Crippen LogP contribution in [0.25, 0.3) is 0 Å². The highest BCUT2D eigenvalue weighted by atomic mass is 16.7. The van der Waals surface area contributed by atoms with Crippen LogP contribution in [0.2, 0.25) is 0 Å². The van der Waals surface area contributed by atoms with E-state index < -0.39 is 11.6 Å². The van der Waals surface area contributed by atoms with E-state index in [1.54, 1.807) is 0 Å². The fraction of sp³-hybridized carbons (Fsp3) is 0.972. The maximum absolute atomic E-state index is 11.4. The van der Waals surface area contributed by atoms with Gasteiger partial charge in [0.1, 0.15) is 0 Å². The first-order valence-electron chi connectivity index (χ1n) is 17.8. The molecule has 0 aromatic rings. The second-order valence-electron chi connectivity index (χ2n) is 17.1. The molecule has 0 aromatic carbocycles. The number of hydrogen-bond acceptors (Lipinski definition) is 7. The number of morpholine rings is 1. The monoisotopic (exact) mass is 621 g/mol. The van der Waals surface area contributed by atoms with Crippen LogP contribution in [-0.2, 0) is 14.3 Å². The number of hydrogen-bond donors (Lipinski definition) is 4. The lowest BCUT2D eigenvalue weighted by molar-refractivity contribution is -0.245. The second-order valence-corrected chi connectivity index (χ2v) is 17.1. The Labute approximate surface area is 266 Å². The van der Waals surface area contributed by atoms with Crippen molar-refractivity contribution in [3.05, 3.63) is 0 Å². The molecular formula is C36H63NO7. The fourth-order valence-corrected chi connectivity index (χ4v) is 11.9. The van der Waals surface area contributed by atoms with Crippen molar-refractivity contribution >= 4 is 5.97 Å². The zero-order valence-electron chi connectivity index (χ0n) is 28.5. The van der Waals surface area contributed by atoms with E-state index in [-0.39, 0.29) is 35.9 Å². The van der Waals surface area contributed by atoms with Gasteiger partial charge in [-0.25, -0.2) is 0 Å². The first-order valence-corrected chi connectivity index (χ1v) is 17.8. The molecule has 6 fully saturated rings. The molecule has 4 N–H and O–H groups in total. The number of aliphatic hydroxyl groups is 3. The number of nitrogens with zero attached hydrogens (tertiary/aromatic N) is 1. The molecule has 6 rings (SSSR count). The quantitative estimate of drug-likeness (QED) is 0.251. The number of carboxylic acid groups (broad SMARTS) is 1. The Bertz CT molecular complexity index is 1010. The SMILES string of the molecule is CC(=O)O.CC(C)(O)CCCCC1C(O)CC2C3CCC4C(C)(C)C(OC5CN(CCO)CCO5)CCC45CC35CCC12C. The van der Waals surface area contributed by atoms with E-state index in [1.165, 1.54) is 38.5 Å². The summed E-state index contributed by atoms with van der Waals surface area (Å²) in [6.07, 6.45) is 14.1. The minimum Gasteiger partial charge on any atom is -0.481 e. The first kappa shape index (κ1) is 34.6. The molecule has 10 unspecified atom stereocenters. The zero-order valence-corrected chi connectivity index (χ0v) is 28.5. The maximum Gasteiger partial charge on any atom is 0.300 e. The summed E-state index contributed by atoms with van der Waals surface area (Å²) in [5, 5.41) is 38.4. The van der Waals surface area contributed by atoms with Gasteiger partial charge in [-0.1, -0.05) is 33.6 Å². The predicted molar refractivity (Wildman–Crippen MR) is 170 cm³/mol. The van der Waals surface area contributed by atoms with E-state index in [1.807, 2.05) is 13.8 Å². The standard InChI is InChI=1S/C34H59NO5.C2H4O2/c1-30(2,38)12-7-6-8-24-26(37)20-25-23-9-10-27-31(3,4)28(40-29-21-35(16-18-36)17-19-39-29)11-13-34(27)22-33(23,34)15-14-32(24,25)5;1-2(3)4/h23-29,36-38H,6-22H2,1-5H3;1H3,(H,3,4). The molecule has 5 saturated carbocycles. The zero-order chi connectivity index (χ0) is 32.1. The van der Waals surface area contributed by atoms with Crippen LogP contribution in [-0.4, -0.2) is 88.2 Å². The van der Waals surface area contributed by atoms with Crippen molar-refractivity contribution in [3.8, 4) is 0 Å². The maximum atomic E-state index is 11.4. The Morgan fingerprint density at radius 3 is 2.45 bits per heavy atom. The molecule has 6 aliphatic rings. The number of unbranched alkanes of at least 4 members (excludes halogenated alkanes) is 1. The number of carboxylic acids is 1. The average Bonchev–Trinajstić information content (AvgIpc) is 3.52. The Hall–Kier alpha value is -0.770. The first-order chi connectivity index (χ1) is 20.6. The summed E-state index contributed by atoms with van der Waals surface area (Å²) in [4.78, 5) is 11.3. The summed E-state index contributed by atoms with van der Waals surface area (Å²) in [5.41, 5.74) is 0.797. The molecule has 0 bridgehead atoms. The summed E-state index contributed by atoms with van der Waals surface area (Å²) in [5.74, 6) is 1.74. The van der Waals surface area contributed by atoms with Crippen molar-refractivity contribution in [2.24, 2.45) is 45.3 Å². The van der Waals surface area contributed by atoms with Crippen LogP contribution < -0.4 is 0 Å². The number of fused-ring (bicyclic) bond motifs is 2. The molecular weight excluding hydrogens is 558 g/mol. The molecule has 44 heavy (non-hydrogen) atoms. The van der Waals surface area contributed by atoms with Crippen LogP contribution in [0.4, 0.5) is 0 Å². The van der Waals surface area contributed by atoms with Gasteiger partial charge in [0.05, 0.1) is 31.0 Å². The van der Waals surface area contributed by atoms with E-state index in [9.17, 15) is 15.3 Å². The Morgan fingerprint density at radius 1 is 1.05 bits per heavy atom. The third-order valence-corrected chi connectivity index (χ3v) is 13.9. The average molecular weight is 622 g/mol. The van der Waals surface area contributed by atoms with E-state index in [0.717, 1.165) is 64.5 Å². The molecule has 2 spiro atoms. The fourth-order valence-electron chi connectivity index (χ4n) is 11.9. The Balaban J connectivity index is 0.000000906. The van der Waals surface area contributed by atoms with Crippen LogP contribution in [0.15, 0.2) is 0 Å². The molecule has 1 aliphatic heterocycles. The highest BCUT2D eigenvalue weighted by Gasteiger charge is 2.80. The second kappa shape index (κ2) is 12.7. The van der Waals surface area contributed by atoms with Crippen molar-refractivity contribution in [2.75, 3.05) is 32.8 Å². The van der Waals surface area contributed by atoms with Gasteiger partial charge in [-0.2, -0.15) is 0 Å². The van der Waals surface area contributed by atoms with Crippen LogP contribution >= 0.6 is 0 Å². The summed E-state index contributed by atoms with van der Waals surface area (Å²) in [6.45, 7) is 15.6. The van der Waals surface area contributed by atoms with Crippen molar-refractivity contribution in [1.29, 1.82) is 0 Å².